The number of rotatable bonds is 12. The molecule has 0 spiro atoms. The molecule has 1 unspecified atom stereocenters. The molecule has 0 bridgehead atoms. The molecule has 1 atom stereocenters. The first-order chi connectivity index (χ1) is 38.2. The smallest absolute Gasteiger partial charge is 0.269 e. The number of nitrogens with zero attached hydrogens (tertiary/aromatic N) is 1. The average Bonchev–Trinajstić information content (AvgIpc) is 3.97. The molecule has 32 heteroatoms. The van der Waals surface area contributed by atoms with Crippen LogP contribution in [0.3, 0.4) is 0 Å². The van der Waals surface area contributed by atoms with Crippen LogP contribution in [0.4, 0.5) is 5.69 Å². The zero-order chi connectivity index (χ0) is 61.4. The SMILES string of the molecule is CC(C)CBr.CC(C)CSc1cc(Cl)ccc1Cl.Clc1ccc(Cl)c2sccc12.N.NS(=O)(=O)c1cc2c(Cl)ccc(Cl)c2s1.O=[N+]([O-])c1ccc(OP(=O)([O-])CNS(=O)(=O)c2cc3c(Cl)ccc(Cl)c3s2)cc1.Sc1cc(Cl)ccc1Cl. The number of thiophene rings is 3. The van der Waals surface area contributed by atoms with Gasteiger partial charge in [-0.2, -0.15) is 0 Å². The molecule has 3 aromatic heterocycles. The van der Waals surface area contributed by atoms with E-state index < -0.39 is 38.9 Å². The fourth-order valence-corrected chi connectivity index (χ4v) is 16.0. The number of sulfonamides is 2. The maximum Gasteiger partial charge on any atom is 0.269 e. The molecule has 0 aliphatic carbocycles. The summed E-state index contributed by atoms with van der Waals surface area (Å²) in [5.41, 5.74) is -0.249. The third kappa shape index (κ3) is 24.4. The topological polar surface area (TPSA) is 234 Å². The molecule has 0 saturated carbocycles. The number of thioether (sulfide) groups is 1. The number of nitro groups is 1. The van der Waals surface area contributed by atoms with Gasteiger partial charge in [0, 0.05) is 74.3 Å². The van der Waals surface area contributed by atoms with Crippen molar-refractivity contribution in [1.82, 2.24) is 10.9 Å². The van der Waals surface area contributed by atoms with E-state index in [1.165, 1.54) is 24.3 Å². The Morgan fingerprint density at radius 1 is 0.651 bits per heavy atom. The number of nitro benzene ring substituents is 1. The van der Waals surface area contributed by atoms with E-state index >= 15 is 0 Å². The maximum atomic E-state index is 12.5. The molecule has 13 nitrogen and oxygen atoms in total. The monoisotopic (exact) mass is 1540 g/mol. The predicted octanol–water partition coefficient (Wildman–Crippen LogP) is 21.3. The minimum atomic E-state index is -4.68. The molecule has 6 N–H and O–H groups in total. The second kappa shape index (κ2) is 35.0. The summed E-state index contributed by atoms with van der Waals surface area (Å²) in [4.78, 5) is 23.8. The van der Waals surface area contributed by atoms with Crippen molar-refractivity contribution < 1.29 is 35.7 Å². The Bertz CT molecular complexity index is 3830. The van der Waals surface area contributed by atoms with E-state index in [2.05, 4.69) is 56.3 Å². The van der Waals surface area contributed by atoms with Gasteiger partial charge >= 0.3 is 0 Å². The van der Waals surface area contributed by atoms with Crippen LogP contribution in [0.25, 0.3) is 30.3 Å². The molecule has 0 aliphatic heterocycles. The van der Waals surface area contributed by atoms with E-state index in [1.807, 2.05) is 46.5 Å². The summed E-state index contributed by atoms with van der Waals surface area (Å²) in [6.07, 6.45) is -1.03. The second-order valence-corrected chi connectivity index (χ2v) is 31.9. The zero-order valence-electron chi connectivity index (χ0n) is 43.2. The number of alkyl halides is 1. The van der Waals surface area contributed by atoms with Gasteiger partial charge in [0.25, 0.3) is 15.7 Å². The Hall–Kier alpha value is -1.55. The highest BCUT2D eigenvalue weighted by Gasteiger charge is 2.23. The molecule has 3 heterocycles. The van der Waals surface area contributed by atoms with Crippen molar-refractivity contribution >= 4 is 254 Å². The molecule has 6 aromatic carbocycles. The normalized spacial score (nSPS) is 11.8. The number of thiol groups is 1. The van der Waals surface area contributed by atoms with Gasteiger partial charge in [0.2, 0.25) is 10.0 Å². The van der Waals surface area contributed by atoms with Crippen molar-refractivity contribution in [2.45, 2.75) is 45.9 Å². The summed E-state index contributed by atoms with van der Waals surface area (Å²) in [7, 11) is -12.6. The summed E-state index contributed by atoms with van der Waals surface area (Å²) in [6, 6.07) is 29.6. The highest BCUT2D eigenvalue weighted by Crippen LogP contribution is 2.42. The molecule has 0 aliphatic rings. The molecule has 0 radical (unpaired) electrons. The Balaban J connectivity index is 0.000000284. The molecule has 0 amide bonds. The number of non-ortho nitro benzene ring substituents is 1. The van der Waals surface area contributed by atoms with Crippen molar-refractivity contribution in [2.24, 2.45) is 17.0 Å². The quantitative estimate of drug-likeness (QED) is 0.0224. The fraction of sp³-hybridized carbons (Fsp3) is 0.176. The number of primary sulfonamides is 1. The number of fused-ring (bicyclic) bond motifs is 3. The van der Waals surface area contributed by atoms with Crippen LogP contribution in [-0.4, -0.2) is 39.1 Å². The van der Waals surface area contributed by atoms with Gasteiger partial charge in [-0.1, -0.05) is 160 Å². The highest BCUT2D eigenvalue weighted by atomic mass is 79.9. The van der Waals surface area contributed by atoms with Gasteiger partial charge in [0.1, 0.15) is 14.2 Å². The summed E-state index contributed by atoms with van der Waals surface area (Å²) >= 11 is 71.4. The van der Waals surface area contributed by atoms with E-state index in [0.29, 0.717) is 61.1 Å². The number of hydrogen-bond donors (Lipinski definition) is 4. The van der Waals surface area contributed by atoms with Gasteiger partial charge in [-0.15, -0.1) is 58.4 Å². The third-order valence-electron chi connectivity index (χ3n) is 9.60. The number of halogens is 11. The highest BCUT2D eigenvalue weighted by molar-refractivity contribution is 9.09. The van der Waals surface area contributed by atoms with Crippen LogP contribution in [0, 0.1) is 22.0 Å². The molecule has 0 saturated heterocycles. The number of nitrogens with one attached hydrogen (secondary N) is 1. The lowest BCUT2D eigenvalue weighted by atomic mass is 10.3. The van der Waals surface area contributed by atoms with Crippen LogP contribution in [0.15, 0.2) is 139 Å². The van der Waals surface area contributed by atoms with Gasteiger partial charge in [-0.25, -0.2) is 26.7 Å². The largest absolute Gasteiger partial charge is 0.768 e. The minimum Gasteiger partial charge on any atom is -0.768 e. The summed E-state index contributed by atoms with van der Waals surface area (Å²) in [6.45, 7) is 8.72. The standard InChI is InChI=1S/C15H11Cl2N2O7PS2.C10H12Cl2S.C8H5Cl2NO2S2.C8H4Cl2S.C6H4Cl2S.C4H9Br.H3N/c16-12-5-6-13(17)15-11(12)7-14(28-15)29(24,25)18-8-27(22,23)26-10-3-1-9(2-4-10)19(20)21;1-7(2)6-13-10-5-8(11)3-4-9(10)12;9-5-1-2-6(10)8-4(5)3-7(14-8)15(11,12)13;9-6-1-2-7(10)8-5(6)3-4-11-8;7-4-1-2-5(8)6(9)3-4;1-4(2)3-5;/h1-7,18H,8H2,(H,22,23);3-5,7H,6H2,1-2H3;1-3H,(H2,11,12,13);1-4H;1-3,9H;4H,3H2,1-2H3;1H3/p-1. The van der Waals surface area contributed by atoms with Gasteiger partial charge in [-0.3, -0.25) is 14.7 Å². The Morgan fingerprint density at radius 3 is 1.54 bits per heavy atom. The van der Waals surface area contributed by atoms with Crippen molar-refractivity contribution in [3.8, 4) is 5.75 Å². The average molecular weight is 1550 g/mol. The van der Waals surface area contributed by atoms with E-state index in [0.717, 1.165) is 99.0 Å². The van der Waals surface area contributed by atoms with Crippen LogP contribution in [0.5, 0.6) is 5.75 Å². The molecule has 450 valence electrons. The lowest BCUT2D eigenvalue weighted by Gasteiger charge is -2.24. The van der Waals surface area contributed by atoms with Crippen LogP contribution in [-0.2, 0) is 24.6 Å². The summed E-state index contributed by atoms with van der Waals surface area (Å²) in [5, 5.41) is 26.7. The predicted molar refractivity (Wildman–Crippen MR) is 363 cm³/mol. The lowest BCUT2D eigenvalue weighted by molar-refractivity contribution is -0.384. The number of hydrogen-bond acceptors (Lipinski definition) is 15. The van der Waals surface area contributed by atoms with E-state index in [9.17, 15) is 36.4 Å². The van der Waals surface area contributed by atoms with Gasteiger partial charge in [0.05, 0.1) is 50.4 Å². The molecular formula is C51H47BrCl10N4O9PS7-. The summed E-state index contributed by atoms with van der Waals surface area (Å²) in [5.74, 6) is 2.35. The minimum absolute atomic E-state index is 0. The van der Waals surface area contributed by atoms with Crippen LogP contribution in [0.2, 0.25) is 50.2 Å². The van der Waals surface area contributed by atoms with Crippen molar-refractivity contribution in [2.75, 3.05) is 17.4 Å². The van der Waals surface area contributed by atoms with Gasteiger partial charge in [0.15, 0.2) is 7.60 Å². The number of benzene rings is 6. The zero-order valence-corrected chi connectivity index (χ0v) is 59.1. The molecule has 9 rings (SSSR count). The first-order valence-electron chi connectivity index (χ1n) is 22.8. The fourth-order valence-electron chi connectivity index (χ4n) is 5.72. The van der Waals surface area contributed by atoms with Gasteiger partial charge < -0.3 is 15.6 Å². The summed E-state index contributed by atoms with van der Waals surface area (Å²) < 4.78 is 68.0. The molecule has 83 heavy (non-hydrogen) atoms. The second-order valence-electron chi connectivity index (χ2n) is 17.1. The third-order valence-corrected chi connectivity index (χ3v) is 24.2. The van der Waals surface area contributed by atoms with Crippen molar-refractivity contribution in [3.63, 3.8) is 0 Å². The van der Waals surface area contributed by atoms with E-state index in [-0.39, 0.29) is 26.0 Å². The Morgan fingerprint density at radius 2 is 1.10 bits per heavy atom. The van der Waals surface area contributed by atoms with Gasteiger partial charge in [-0.05, 0) is 120 Å². The molecular weight excluding hydrogens is 1500 g/mol. The van der Waals surface area contributed by atoms with Crippen LogP contribution in [0.1, 0.15) is 27.7 Å². The Labute approximate surface area is 561 Å². The van der Waals surface area contributed by atoms with E-state index in [1.54, 1.807) is 53.4 Å². The van der Waals surface area contributed by atoms with Crippen molar-refractivity contribution in [1.29, 1.82) is 0 Å². The van der Waals surface area contributed by atoms with Crippen LogP contribution < -0.4 is 25.4 Å². The number of nitrogens with two attached hydrogens (primary N) is 1. The Kier molecular flexibility index (Phi) is 31.9. The lowest BCUT2D eigenvalue weighted by Crippen LogP contribution is -2.28. The molecule has 0 fully saturated rings. The van der Waals surface area contributed by atoms with Crippen molar-refractivity contribution in [3.05, 3.63) is 181 Å². The van der Waals surface area contributed by atoms with Crippen LogP contribution >= 0.6 is 198 Å². The first kappa shape index (κ1) is 75.7. The maximum absolute atomic E-state index is 12.5. The first-order valence-corrected chi connectivity index (χ1v) is 36.4. The van der Waals surface area contributed by atoms with E-state index in [4.69, 9.17) is 126 Å². The molecule has 9 aromatic rings.